The lowest BCUT2D eigenvalue weighted by Crippen LogP contribution is -2.37. The van der Waals surface area contributed by atoms with Crippen LogP contribution < -0.4 is 4.31 Å². The topological polar surface area (TPSA) is 80.1 Å². The van der Waals surface area contributed by atoms with Crippen LogP contribution in [-0.4, -0.2) is 39.0 Å². The monoisotopic (exact) mass is 374 g/mol. The predicted molar refractivity (Wildman–Crippen MR) is 79.3 cm³/mol. The second kappa shape index (κ2) is 4.92. The van der Waals surface area contributed by atoms with Crippen molar-refractivity contribution >= 4 is 48.9 Å². The SMILES string of the molecule is COC(=O)N1CCN(c2cc(Br)c3occc3c2)S1(=O)=O. The van der Waals surface area contributed by atoms with E-state index in [1.54, 1.807) is 18.2 Å². The molecule has 1 aromatic carbocycles. The summed E-state index contributed by atoms with van der Waals surface area (Å²) in [5.74, 6) is 0. The number of amides is 1. The van der Waals surface area contributed by atoms with Crippen molar-refractivity contribution in [1.82, 2.24) is 4.31 Å². The molecule has 0 atom stereocenters. The van der Waals surface area contributed by atoms with E-state index in [9.17, 15) is 13.2 Å². The average Bonchev–Trinajstić information content (AvgIpc) is 3.01. The van der Waals surface area contributed by atoms with Crippen molar-refractivity contribution < 1.29 is 22.4 Å². The fourth-order valence-corrected chi connectivity index (χ4v) is 4.30. The number of halogens is 1. The quantitative estimate of drug-likeness (QED) is 0.764. The highest BCUT2D eigenvalue weighted by Crippen LogP contribution is 2.34. The van der Waals surface area contributed by atoms with E-state index in [4.69, 9.17) is 4.42 Å². The summed E-state index contributed by atoms with van der Waals surface area (Å²) in [6.45, 7) is 0.225. The minimum absolute atomic E-state index is 0.0516. The molecular weight excluding hydrogens is 364 g/mol. The first-order chi connectivity index (χ1) is 9.95. The molecule has 2 heterocycles. The van der Waals surface area contributed by atoms with Gasteiger partial charge in [0.25, 0.3) is 0 Å². The van der Waals surface area contributed by atoms with Crippen LogP contribution in [0.25, 0.3) is 11.0 Å². The molecule has 9 heteroatoms. The van der Waals surface area contributed by atoms with Crippen molar-refractivity contribution in [1.29, 1.82) is 0 Å². The summed E-state index contributed by atoms with van der Waals surface area (Å²) in [5, 5.41) is 0.770. The molecule has 112 valence electrons. The molecule has 1 amide bonds. The molecule has 0 unspecified atom stereocenters. The Hall–Kier alpha value is -1.74. The van der Waals surface area contributed by atoms with Gasteiger partial charge in [-0.1, -0.05) is 0 Å². The predicted octanol–water partition coefficient (Wildman–Crippen LogP) is 2.33. The normalized spacial score (nSPS) is 17.4. The number of furan rings is 1. The van der Waals surface area contributed by atoms with E-state index in [0.717, 1.165) is 12.5 Å². The third kappa shape index (κ3) is 2.16. The first-order valence-electron chi connectivity index (χ1n) is 6.00. The second-order valence-corrected chi connectivity index (χ2v) is 7.02. The van der Waals surface area contributed by atoms with Crippen molar-refractivity contribution in [3.05, 3.63) is 28.9 Å². The molecule has 21 heavy (non-hydrogen) atoms. The molecule has 0 N–H and O–H groups in total. The van der Waals surface area contributed by atoms with E-state index >= 15 is 0 Å². The van der Waals surface area contributed by atoms with Gasteiger partial charge < -0.3 is 9.15 Å². The van der Waals surface area contributed by atoms with Gasteiger partial charge in [0.2, 0.25) is 0 Å². The lowest BCUT2D eigenvalue weighted by atomic mass is 10.2. The number of hydrogen-bond acceptors (Lipinski definition) is 5. The van der Waals surface area contributed by atoms with Gasteiger partial charge in [-0.15, -0.1) is 0 Å². The van der Waals surface area contributed by atoms with Crippen molar-refractivity contribution in [3.8, 4) is 0 Å². The summed E-state index contributed by atoms with van der Waals surface area (Å²) in [7, 11) is -2.77. The minimum atomic E-state index is -3.92. The Bertz CT molecular complexity index is 816. The highest BCUT2D eigenvalue weighted by Gasteiger charge is 2.41. The first-order valence-corrected chi connectivity index (χ1v) is 8.19. The Morgan fingerprint density at radius 2 is 2.14 bits per heavy atom. The number of carbonyl (C=O) groups is 1. The van der Waals surface area contributed by atoms with Crippen LogP contribution in [0.3, 0.4) is 0 Å². The maximum absolute atomic E-state index is 12.4. The first kappa shape index (κ1) is 14.2. The highest BCUT2D eigenvalue weighted by atomic mass is 79.9. The van der Waals surface area contributed by atoms with Gasteiger partial charge in [0.05, 0.1) is 36.6 Å². The number of nitrogens with zero attached hydrogens (tertiary/aromatic N) is 2. The maximum atomic E-state index is 12.4. The summed E-state index contributed by atoms with van der Waals surface area (Å²) in [4.78, 5) is 11.5. The van der Waals surface area contributed by atoms with Crippen molar-refractivity contribution in [3.63, 3.8) is 0 Å². The Morgan fingerprint density at radius 3 is 2.86 bits per heavy atom. The van der Waals surface area contributed by atoms with Gasteiger partial charge in [0.1, 0.15) is 5.58 Å². The molecule has 0 bridgehead atoms. The van der Waals surface area contributed by atoms with E-state index in [1.165, 1.54) is 10.6 Å². The minimum Gasteiger partial charge on any atom is -0.463 e. The molecule has 1 aliphatic heterocycles. The van der Waals surface area contributed by atoms with E-state index in [-0.39, 0.29) is 13.1 Å². The maximum Gasteiger partial charge on any atom is 0.424 e. The third-order valence-corrected chi connectivity index (χ3v) is 5.65. The molecule has 0 radical (unpaired) electrons. The highest BCUT2D eigenvalue weighted by molar-refractivity contribution is 9.10. The van der Waals surface area contributed by atoms with E-state index in [0.29, 0.717) is 20.0 Å². The van der Waals surface area contributed by atoms with Crippen LogP contribution in [0.2, 0.25) is 0 Å². The van der Waals surface area contributed by atoms with Crippen molar-refractivity contribution in [2.45, 2.75) is 0 Å². The summed E-state index contributed by atoms with van der Waals surface area (Å²) >= 11 is 3.35. The number of hydrogen-bond donors (Lipinski definition) is 0. The Balaban J connectivity index is 2.05. The average molecular weight is 375 g/mol. The molecule has 2 aromatic rings. The van der Waals surface area contributed by atoms with E-state index < -0.39 is 16.3 Å². The van der Waals surface area contributed by atoms with Crippen LogP contribution in [0.1, 0.15) is 0 Å². The fourth-order valence-electron chi connectivity index (χ4n) is 2.25. The van der Waals surface area contributed by atoms with E-state index in [2.05, 4.69) is 20.7 Å². The molecule has 1 saturated heterocycles. The standard InChI is InChI=1S/C12H11BrN2O5S/c1-19-12(16)15-4-3-14(21(15,17)18)9-6-8-2-5-20-11(8)10(13)7-9/h2,5-7H,3-4H2,1H3. The molecule has 1 aliphatic rings. The van der Waals surface area contributed by atoms with Crippen LogP contribution in [0.4, 0.5) is 10.5 Å². The summed E-state index contributed by atoms with van der Waals surface area (Å²) in [6, 6.07) is 5.08. The van der Waals surface area contributed by atoms with Crippen molar-refractivity contribution in [2.75, 3.05) is 24.5 Å². The number of rotatable bonds is 1. The lowest BCUT2D eigenvalue weighted by Gasteiger charge is -2.19. The van der Waals surface area contributed by atoms with Gasteiger partial charge in [-0.3, -0.25) is 4.31 Å². The van der Waals surface area contributed by atoms with Gasteiger partial charge in [0.15, 0.2) is 0 Å². The van der Waals surface area contributed by atoms with Gasteiger partial charge in [0, 0.05) is 5.39 Å². The Labute approximate surface area is 129 Å². The second-order valence-electron chi connectivity index (χ2n) is 4.39. The Morgan fingerprint density at radius 1 is 1.38 bits per heavy atom. The number of carbonyl (C=O) groups excluding carboxylic acids is 1. The van der Waals surface area contributed by atoms with Crippen LogP contribution in [0, 0.1) is 0 Å². The smallest absolute Gasteiger partial charge is 0.424 e. The van der Waals surface area contributed by atoms with Crippen LogP contribution in [-0.2, 0) is 14.9 Å². The molecule has 3 rings (SSSR count). The number of methoxy groups -OCH3 is 1. The van der Waals surface area contributed by atoms with Crippen LogP contribution >= 0.6 is 15.9 Å². The number of benzene rings is 1. The number of ether oxygens (including phenoxy) is 1. The molecule has 7 nitrogen and oxygen atoms in total. The molecule has 1 aromatic heterocycles. The molecule has 0 aliphatic carbocycles. The van der Waals surface area contributed by atoms with Gasteiger partial charge in [-0.05, 0) is 34.1 Å². The molecule has 1 fully saturated rings. The molecule has 0 spiro atoms. The third-order valence-electron chi connectivity index (χ3n) is 3.22. The summed E-state index contributed by atoms with van der Waals surface area (Å²) in [5.41, 5.74) is 1.10. The molecule has 0 saturated carbocycles. The fraction of sp³-hybridized carbons (Fsp3) is 0.250. The zero-order valence-electron chi connectivity index (χ0n) is 10.9. The van der Waals surface area contributed by atoms with Gasteiger partial charge >= 0.3 is 16.3 Å². The van der Waals surface area contributed by atoms with Crippen LogP contribution in [0.15, 0.2) is 33.4 Å². The zero-order valence-corrected chi connectivity index (χ0v) is 13.3. The van der Waals surface area contributed by atoms with Crippen LogP contribution in [0.5, 0.6) is 0 Å². The zero-order chi connectivity index (χ0) is 15.2. The van der Waals surface area contributed by atoms with Crippen molar-refractivity contribution in [2.24, 2.45) is 0 Å². The summed E-state index contributed by atoms with van der Waals surface area (Å²) < 4.78 is 37.1. The number of fused-ring (bicyclic) bond motifs is 1. The summed E-state index contributed by atoms with van der Waals surface area (Å²) in [6.07, 6.45) is 0.638. The lowest BCUT2D eigenvalue weighted by molar-refractivity contribution is 0.152. The van der Waals surface area contributed by atoms with Gasteiger partial charge in [-0.25, -0.2) is 4.79 Å². The van der Waals surface area contributed by atoms with Gasteiger partial charge in [-0.2, -0.15) is 12.7 Å². The number of anilines is 1. The van der Waals surface area contributed by atoms with E-state index in [1.807, 2.05) is 0 Å². The molecular formula is C12H11BrN2O5S. The largest absolute Gasteiger partial charge is 0.463 e. The Kier molecular flexibility index (Phi) is 3.33.